The van der Waals surface area contributed by atoms with Gasteiger partial charge in [-0.3, -0.25) is 4.90 Å². The molecule has 0 spiro atoms. The summed E-state index contributed by atoms with van der Waals surface area (Å²) in [4.78, 5) is 18.5. The summed E-state index contributed by atoms with van der Waals surface area (Å²) in [6, 6.07) is 0. The van der Waals surface area contributed by atoms with Gasteiger partial charge in [-0.25, -0.2) is 15.0 Å². The van der Waals surface area contributed by atoms with Gasteiger partial charge in [0, 0.05) is 63.1 Å². The normalized spacial score (nSPS) is 19.1. The van der Waals surface area contributed by atoms with Crippen LogP contribution >= 0.6 is 11.8 Å². The highest BCUT2D eigenvalue weighted by Crippen LogP contribution is 2.26. The number of hydrogen-bond acceptors (Lipinski definition) is 7. The van der Waals surface area contributed by atoms with Crippen LogP contribution in [0.15, 0.2) is 17.0 Å². The van der Waals surface area contributed by atoms with E-state index < -0.39 is 0 Å². The van der Waals surface area contributed by atoms with Crippen LogP contribution < -0.4 is 4.90 Å². The highest BCUT2D eigenvalue weighted by molar-refractivity contribution is 7.99. The lowest BCUT2D eigenvalue weighted by Gasteiger charge is -2.29. The number of thioether (sulfide) groups is 1. The number of rotatable bonds is 3. The van der Waals surface area contributed by atoms with E-state index in [0.717, 1.165) is 57.2 Å². The van der Waals surface area contributed by atoms with E-state index >= 15 is 0 Å². The minimum atomic E-state index is 0.735. The Hall–Kier alpha value is -1.60. The molecule has 1 fully saturated rings. The highest BCUT2D eigenvalue weighted by atomic mass is 32.2. The van der Waals surface area contributed by atoms with Crippen molar-refractivity contribution >= 4 is 17.6 Å². The average Bonchev–Trinajstić information content (AvgIpc) is 2.91. The smallest absolute Gasteiger partial charge is 0.191 e. The van der Waals surface area contributed by atoms with Gasteiger partial charge in [-0.1, -0.05) is 0 Å². The summed E-state index contributed by atoms with van der Waals surface area (Å²) >= 11 is 2.03. The van der Waals surface area contributed by atoms with Gasteiger partial charge in [0.25, 0.3) is 0 Å². The summed E-state index contributed by atoms with van der Waals surface area (Å²) in [5.74, 6) is 4.28. The van der Waals surface area contributed by atoms with Crippen molar-refractivity contribution in [2.24, 2.45) is 0 Å². The molecule has 0 amide bonds. The Kier molecular flexibility index (Phi) is 4.71. The van der Waals surface area contributed by atoms with Gasteiger partial charge < -0.3 is 9.32 Å². The van der Waals surface area contributed by atoms with Gasteiger partial charge in [0.15, 0.2) is 5.89 Å². The predicted octanol–water partition coefficient (Wildman–Crippen LogP) is 1.93. The van der Waals surface area contributed by atoms with Gasteiger partial charge in [0.1, 0.15) is 18.4 Å². The van der Waals surface area contributed by atoms with Crippen molar-refractivity contribution in [3.63, 3.8) is 0 Å². The molecule has 128 valence electrons. The van der Waals surface area contributed by atoms with Gasteiger partial charge in [-0.15, -0.1) is 0 Å². The lowest BCUT2D eigenvalue weighted by molar-refractivity contribution is 0.275. The quantitative estimate of drug-likeness (QED) is 0.842. The second-order valence-corrected chi connectivity index (χ2v) is 7.58. The summed E-state index contributed by atoms with van der Waals surface area (Å²) in [6.45, 7) is 6.94. The number of aromatic nitrogens is 3. The summed E-state index contributed by atoms with van der Waals surface area (Å²) in [5, 5.41) is 0. The highest BCUT2D eigenvalue weighted by Gasteiger charge is 2.23. The van der Waals surface area contributed by atoms with Crippen LogP contribution in [0.3, 0.4) is 0 Å². The van der Waals surface area contributed by atoms with Crippen LogP contribution in [0.5, 0.6) is 0 Å². The van der Waals surface area contributed by atoms with Crippen LogP contribution in [0.2, 0.25) is 0 Å². The Morgan fingerprint density at radius 3 is 2.75 bits per heavy atom. The van der Waals surface area contributed by atoms with Crippen molar-refractivity contribution in [1.29, 1.82) is 0 Å². The standard InChI is InChI=1S/C17H23N5OS/c1-13-20-14(11-23-13)10-21-4-2-15-16(3-5-21)18-12-19-17(15)22-6-8-24-9-7-22/h11-12H,2-10H2,1H3. The second kappa shape index (κ2) is 7.11. The third-order valence-corrected chi connectivity index (χ3v) is 5.66. The molecule has 0 unspecified atom stereocenters. The molecule has 1 saturated heterocycles. The number of anilines is 1. The largest absolute Gasteiger partial charge is 0.449 e. The van der Waals surface area contributed by atoms with Crippen molar-refractivity contribution in [2.45, 2.75) is 26.3 Å². The van der Waals surface area contributed by atoms with Crippen LogP contribution in [0, 0.1) is 6.92 Å². The van der Waals surface area contributed by atoms with Crippen molar-refractivity contribution in [3.05, 3.63) is 35.4 Å². The van der Waals surface area contributed by atoms with E-state index in [1.807, 2.05) is 18.7 Å². The summed E-state index contributed by atoms with van der Waals surface area (Å²) in [7, 11) is 0. The fourth-order valence-electron chi connectivity index (χ4n) is 3.47. The third kappa shape index (κ3) is 3.42. The first-order chi connectivity index (χ1) is 11.8. The molecule has 0 aromatic carbocycles. The molecular formula is C17H23N5OS. The summed E-state index contributed by atoms with van der Waals surface area (Å²) < 4.78 is 5.33. The van der Waals surface area contributed by atoms with Crippen LogP contribution in [0.4, 0.5) is 5.82 Å². The molecule has 2 aromatic heterocycles. The molecule has 6 nitrogen and oxygen atoms in total. The van der Waals surface area contributed by atoms with E-state index in [0.29, 0.717) is 0 Å². The molecule has 2 aromatic rings. The minimum Gasteiger partial charge on any atom is -0.449 e. The van der Waals surface area contributed by atoms with E-state index in [2.05, 4.69) is 24.8 Å². The Morgan fingerprint density at radius 2 is 1.96 bits per heavy atom. The molecule has 2 aliphatic rings. The van der Waals surface area contributed by atoms with E-state index in [-0.39, 0.29) is 0 Å². The Balaban J connectivity index is 1.50. The van der Waals surface area contributed by atoms with Crippen molar-refractivity contribution in [3.8, 4) is 0 Å². The van der Waals surface area contributed by atoms with Crippen LogP contribution in [0.1, 0.15) is 22.8 Å². The monoisotopic (exact) mass is 345 g/mol. The lowest BCUT2D eigenvalue weighted by Crippen LogP contribution is -2.34. The Bertz CT molecular complexity index is 698. The van der Waals surface area contributed by atoms with Gasteiger partial charge in [0.05, 0.1) is 11.4 Å². The van der Waals surface area contributed by atoms with Gasteiger partial charge in [0.2, 0.25) is 0 Å². The SMILES string of the molecule is Cc1nc(CN2CCc3ncnc(N4CCSCC4)c3CC2)co1. The lowest BCUT2D eigenvalue weighted by atomic mass is 10.1. The molecule has 7 heteroatoms. The molecule has 0 N–H and O–H groups in total. The van der Waals surface area contributed by atoms with Gasteiger partial charge in [-0.05, 0) is 6.42 Å². The molecule has 2 aliphatic heterocycles. The maximum Gasteiger partial charge on any atom is 0.191 e. The predicted molar refractivity (Wildman–Crippen MR) is 95.5 cm³/mol. The number of aryl methyl sites for hydroxylation is 1. The maximum atomic E-state index is 5.33. The molecule has 4 rings (SSSR count). The molecule has 4 heterocycles. The molecule has 0 aliphatic carbocycles. The first kappa shape index (κ1) is 15.9. The minimum absolute atomic E-state index is 0.735. The Labute approximate surface area is 146 Å². The molecular weight excluding hydrogens is 322 g/mol. The van der Waals surface area contributed by atoms with Crippen molar-refractivity contribution < 1.29 is 4.42 Å². The topological polar surface area (TPSA) is 58.3 Å². The van der Waals surface area contributed by atoms with E-state index in [1.165, 1.54) is 28.6 Å². The zero-order chi connectivity index (χ0) is 16.4. The zero-order valence-corrected chi connectivity index (χ0v) is 14.9. The van der Waals surface area contributed by atoms with Crippen molar-refractivity contribution in [1.82, 2.24) is 19.9 Å². The first-order valence-electron chi connectivity index (χ1n) is 8.58. The van der Waals surface area contributed by atoms with Gasteiger partial charge in [-0.2, -0.15) is 11.8 Å². The first-order valence-corrected chi connectivity index (χ1v) is 9.74. The third-order valence-electron chi connectivity index (χ3n) is 4.72. The number of oxazole rings is 1. The van der Waals surface area contributed by atoms with E-state index in [9.17, 15) is 0 Å². The second-order valence-electron chi connectivity index (χ2n) is 6.36. The fraction of sp³-hybridized carbons (Fsp3) is 0.588. The molecule has 0 radical (unpaired) electrons. The maximum absolute atomic E-state index is 5.33. The zero-order valence-electron chi connectivity index (χ0n) is 14.1. The number of nitrogens with zero attached hydrogens (tertiary/aromatic N) is 5. The van der Waals surface area contributed by atoms with Gasteiger partial charge >= 0.3 is 0 Å². The molecule has 0 atom stereocenters. The fourth-order valence-corrected chi connectivity index (χ4v) is 4.37. The Morgan fingerprint density at radius 1 is 1.12 bits per heavy atom. The van der Waals surface area contributed by atoms with Crippen LogP contribution in [-0.4, -0.2) is 57.5 Å². The van der Waals surface area contributed by atoms with Crippen LogP contribution in [0.25, 0.3) is 0 Å². The average molecular weight is 345 g/mol. The summed E-state index contributed by atoms with van der Waals surface area (Å²) in [5.41, 5.74) is 3.58. The van der Waals surface area contributed by atoms with E-state index in [4.69, 9.17) is 4.42 Å². The van der Waals surface area contributed by atoms with E-state index in [1.54, 1.807) is 12.6 Å². The molecule has 0 saturated carbocycles. The molecule has 24 heavy (non-hydrogen) atoms. The van der Waals surface area contributed by atoms with Crippen molar-refractivity contribution in [2.75, 3.05) is 42.6 Å². The number of hydrogen-bond donors (Lipinski definition) is 0. The van der Waals surface area contributed by atoms with Crippen LogP contribution in [-0.2, 0) is 19.4 Å². The molecule has 0 bridgehead atoms. The summed E-state index contributed by atoms with van der Waals surface area (Å²) in [6.07, 6.45) is 5.49. The number of fused-ring (bicyclic) bond motifs is 1.